The Hall–Kier alpha value is -1.62. The fourth-order valence-electron chi connectivity index (χ4n) is 1.07. The minimum atomic E-state index is -0.280. The zero-order valence-electron chi connectivity index (χ0n) is 8.79. The second-order valence-electron chi connectivity index (χ2n) is 3.09. The molecular weight excluding hydrogens is 230 g/mol. The molecule has 6 heteroatoms. The van der Waals surface area contributed by atoms with Crippen LogP contribution in [-0.4, -0.2) is 29.9 Å². The zero-order valence-corrected chi connectivity index (χ0v) is 9.54. The molecule has 5 nitrogen and oxygen atoms in total. The molecule has 1 heterocycles. The summed E-state index contributed by atoms with van der Waals surface area (Å²) in [6.07, 6.45) is 2.90. The molecule has 2 amide bonds. The Morgan fingerprint density at radius 1 is 1.38 bits per heavy atom. The van der Waals surface area contributed by atoms with Crippen LogP contribution in [0.25, 0.3) is 0 Å². The third-order valence-corrected chi connectivity index (χ3v) is 2.10. The standard InChI is InChI=1S/C10H12ClN3O2/c1-7(15)13-4-5-14-10(16)8-2-3-12-6-9(8)11/h2-3,6H,4-5H2,1H3,(H,13,15)(H,14,16). The molecule has 0 spiro atoms. The van der Waals surface area contributed by atoms with Gasteiger partial charge in [-0.05, 0) is 6.07 Å². The van der Waals surface area contributed by atoms with Gasteiger partial charge in [0.1, 0.15) is 0 Å². The smallest absolute Gasteiger partial charge is 0.252 e. The molecule has 0 aromatic carbocycles. The van der Waals surface area contributed by atoms with Gasteiger partial charge in [-0.15, -0.1) is 0 Å². The monoisotopic (exact) mass is 241 g/mol. The van der Waals surface area contributed by atoms with Crippen LogP contribution in [0.2, 0.25) is 5.02 Å². The van der Waals surface area contributed by atoms with Crippen LogP contribution in [0.3, 0.4) is 0 Å². The molecule has 0 radical (unpaired) electrons. The highest BCUT2D eigenvalue weighted by atomic mass is 35.5. The quantitative estimate of drug-likeness (QED) is 0.759. The minimum Gasteiger partial charge on any atom is -0.355 e. The van der Waals surface area contributed by atoms with Crippen LogP contribution in [0, 0.1) is 0 Å². The van der Waals surface area contributed by atoms with E-state index in [2.05, 4.69) is 15.6 Å². The van der Waals surface area contributed by atoms with Crippen molar-refractivity contribution in [3.05, 3.63) is 29.0 Å². The van der Waals surface area contributed by atoms with Crippen LogP contribution in [0.5, 0.6) is 0 Å². The molecule has 0 unspecified atom stereocenters. The molecule has 0 bridgehead atoms. The molecule has 0 aliphatic heterocycles. The van der Waals surface area contributed by atoms with Gasteiger partial charge < -0.3 is 10.6 Å². The first-order chi connectivity index (χ1) is 7.61. The van der Waals surface area contributed by atoms with Crippen LogP contribution in [0.1, 0.15) is 17.3 Å². The Bertz CT molecular complexity index is 395. The normalized spacial score (nSPS) is 9.62. The minimum absolute atomic E-state index is 0.129. The van der Waals surface area contributed by atoms with Gasteiger partial charge in [0, 0.05) is 32.4 Å². The molecule has 1 aromatic heterocycles. The van der Waals surface area contributed by atoms with Crippen LogP contribution < -0.4 is 10.6 Å². The zero-order chi connectivity index (χ0) is 12.0. The molecule has 0 atom stereocenters. The SMILES string of the molecule is CC(=O)NCCNC(=O)c1ccncc1Cl. The summed E-state index contributed by atoms with van der Waals surface area (Å²) in [6.45, 7) is 2.17. The van der Waals surface area contributed by atoms with Crippen molar-refractivity contribution < 1.29 is 9.59 Å². The largest absolute Gasteiger partial charge is 0.355 e. The summed E-state index contributed by atoms with van der Waals surface area (Å²) in [5.41, 5.74) is 0.375. The molecule has 2 N–H and O–H groups in total. The molecule has 0 saturated heterocycles. The van der Waals surface area contributed by atoms with E-state index in [1.807, 2.05) is 0 Å². The van der Waals surface area contributed by atoms with E-state index in [0.717, 1.165) is 0 Å². The number of hydrogen-bond acceptors (Lipinski definition) is 3. The van der Waals surface area contributed by atoms with Gasteiger partial charge in [-0.3, -0.25) is 14.6 Å². The summed E-state index contributed by atoms with van der Waals surface area (Å²) < 4.78 is 0. The van der Waals surface area contributed by atoms with E-state index in [4.69, 9.17) is 11.6 Å². The first kappa shape index (κ1) is 12.4. The van der Waals surface area contributed by atoms with E-state index in [9.17, 15) is 9.59 Å². The van der Waals surface area contributed by atoms with Crippen LogP contribution in [0.15, 0.2) is 18.5 Å². The van der Waals surface area contributed by atoms with Gasteiger partial charge in [0.25, 0.3) is 5.91 Å². The van der Waals surface area contributed by atoms with Crippen molar-refractivity contribution in [2.75, 3.05) is 13.1 Å². The van der Waals surface area contributed by atoms with Gasteiger partial charge in [0.05, 0.1) is 10.6 Å². The Morgan fingerprint density at radius 3 is 2.69 bits per heavy atom. The van der Waals surface area contributed by atoms with Crippen LogP contribution in [0.4, 0.5) is 0 Å². The van der Waals surface area contributed by atoms with Crippen molar-refractivity contribution >= 4 is 23.4 Å². The number of carbonyl (C=O) groups is 2. The third-order valence-electron chi connectivity index (χ3n) is 1.80. The predicted molar refractivity (Wildman–Crippen MR) is 60.3 cm³/mol. The highest BCUT2D eigenvalue weighted by Crippen LogP contribution is 2.12. The van der Waals surface area contributed by atoms with E-state index in [1.165, 1.54) is 25.4 Å². The Kier molecular flexibility index (Phi) is 4.72. The summed E-state index contributed by atoms with van der Waals surface area (Å²) in [5, 5.41) is 5.50. The third kappa shape index (κ3) is 3.86. The molecule has 1 aromatic rings. The second-order valence-corrected chi connectivity index (χ2v) is 3.50. The van der Waals surface area contributed by atoms with Crippen LogP contribution in [-0.2, 0) is 4.79 Å². The molecule has 86 valence electrons. The fourth-order valence-corrected chi connectivity index (χ4v) is 1.27. The topological polar surface area (TPSA) is 71.1 Å². The summed E-state index contributed by atoms with van der Waals surface area (Å²) in [4.78, 5) is 25.9. The number of amides is 2. The molecule has 0 aliphatic rings. The number of nitrogens with one attached hydrogen (secondary N) is 2. The van der Waals surface area contributed by atoms with Gasteiger partial charge in [-0.1, -0.05) is 11.6 Å². The molecule has 16 heavy (non-hydrogen) atoms. The number of aromatic nitrogens is 1. The average Bonchev–Trinajstić information content (AvgIpc) is 2.24. The van der Waals surface area contributed by atoms with Crippen molar-refractivity contribution in [1.82, 2.24) is 15.6 Å². The van der Waals surface area contributed by atoms with E-state index >= 15 is 0 Å². The molecule has 0 aliphatic carbocycles. The Balaban J connectivity index is 2.41. The average molecular weight is 242 g/mol. The first-order valence-electron chi connectivity index (χ1n) is 4.73. The lowest BCUT2D eigenvalue weighted by molar-refractivity contribution is -0.118. The Labute approximate surface area is 98.2 Å². The maximum Gasteiger partial charge on any atom is 0.252 e. The number of rotatable bonds is 4. The molecular formula is C10H12ClN3O2. The summed E-state index contributed by atoms with van der Waals surface area (Å²) in [6, 6.07) is 1.54. The molecule has 1 rings (SSSR count). The lowest BCUT2D eigenvalue weighted by Gasteiger charge is -2.06. The van der Waals surface area contributed by atoms with Gasteiger partial charge in [0.2, 0.25) is 5.91 Å². The van der Waals surface area contributed by atoms with E-state index in [0.29, 0.717) is 23.7 Å². The van der Waals surface area contributed by atoms with Crippen molar-refractivity contribution in [1.29, 1.82) is 0 Å². The van der Waals surface area contributed by atoms with Gasteiger partial charge in [-0.25, -0.2) is 0 Å². The van der Waals surface area contributed by atoms with Gasteiger partial charge in [-0.2, -0.15) is 0 Å². The van der Waals surface area contributed by atoms with Crippen molar-refractivity contribution in [3.63, 3.8) is 0 Å². The highest BCUT2D eigenvalue weighted by Gasteiger charge is 2.08. The maximum atomic E-state index is 11.6. The number of carbonyl (C=O) groups excluding carboxylic acids is 2. The van der Waals surface area contributed by atoms with Crippen molar-refractivity contribution in [3.8, 4) is 0 Å². The maximum absolute atomic E-state index is 11.6. The van der Waals surface area contributed by atoms with E-state index in [-0.39, 0.29) is 11.8 Å². The van der Waals surface area contributed by atoms with Crippen molar-refractivity contribution in [2.24, 2.45) is 0 Å². The number of halogens is 1. The predicted octanol–water partition coefficient (Wildman–Crippen LogP) is 0.601. The van der Waals surface area contributed by atoms with Crippen molar-refractivity contribution in [2.45, 2.75) is 6.92 Å². The first-order valence-corrected chi connectivity index (χ1v) is 5.11. The number of pyridine rings is 1. The molecule has 0 fully saturated rings. The summed E-state index contributed by atoms with van der Waals surface area (Å²) >= 11 is 5.79. The van der Waals surface area contributed by atoms with Crippen LogP contribution >= 0.6 is 11.6 Å². The van der Waals surface area contributed by atoms with Gasteiger partial charge in [0.15, 0.2) is 0 Å². The summed E-state index contributed by atoms with van der Waals surface area (Å²) in [7, 11) is 0. The molecule has 0 saturated carbocycles. The second kappa shape index (κ2) is 6.07. The van der Waals surface area contributed by atoms with E-state index in [1.54, 1.807) is 0 Å². The number of nitrogens with zero attached hydrogens (tertiary/aromatic N) is 1. The number of hydrogen-bond donors (Lipinski definition) is 2. The highest BCUT2D eigenvalue weighted by molar-refractivity contribution is 6.33. The lowest BCUT2D eigenvalue weighted by atomic mass is 10.2. The van der Waals surface area contributed by atoms with E-state index < -0.39 is 0 Å². The summed E-state index contributed by atoms with van der Waals surface area (Å²) in [5.74, 6) is -0.408. The fraction of sp³-hybridized carbons (Fsp3) is 0.300. The lowest BCUT2D eigenvalue weighted by Crippen LogP contribution is -2.33. The van der Waals surface area contributed by atoms with Gasteiger partial charge >= 0.3 is 0 Å². The Morgan fingerprint density at radius 2 is 2.06 bits per heavy atom.